The monoisotopic (exact) mass is 431 g/mol. The molecule has 0 spiro atoms. The number of pyridine rings is 1. The number of anilines is 2. The maximum Gasteiger partial charge on any atom is 0.258 e. The molecule has 3 aromatic rings. The van der Waals surface area contributed by atoms with Gasteiger partial charge in [0.1, 0.15) is 17.5 Å². The first kappa shape index (κ1) is 18.7. The summed E-state index contributed by atoms with van der Waals surface area (Å²) in [5.74, 6) is -2.46. The zero-order chi connectivity index (χ0) is 19.4. The van der Waals surface area contributed by atoms with Crippen LogP contribution < -0.4 is 10.6 Å². The molecule has 2 amide bonds. The van der Waals surface area contributed by atoms with Crippen LogP contribution in [-0.4, -0.2) is 16.8 Å². The lowest BCUT2D eigenvalue weighted by atomic mass is 10.1. The van der Waals surface area contributed by atoms with Gasteiger partial charge in [0.15, 0.2) is 0 Å². The van der Waals surface area contributed by atoms with Gasteiger partial charge in [-0.05, 0) is 64.5 Å². The molecule has 0 unspecified atom stereocenters. The van der Waals surface area contributed by atoms with E-state index in [1.807, 2.05) is 0 Å². The summed E-state index contributed by atoms with van der Waals surface area (Å²) in [5, 5.41) is 5.07. The van der Waals surface area contributed by atoms with Crippen LogP contribution in [0, 0.1) is 11.6 Å². The molecular weight excluding hydrogens is 420 g/mol. The fraction of sp³-hybridized carbons (Fsp3) is 0. The maximum atomic E-state index is 13.7. The summed E-state index contributed by atoms with van der Waals surface area (Å²) in [6.07, 6.45) is 1.54. The van der Waals surface area contributed by atoms with Crippen molar-refractivity contribution in [3.05, 3.63) is 88.0 Å². The number of halogens is 3. The van der Waals surface area contributed by atoms with E-state index in [0.717, 1.165) is 22.7 Å². The maximum absolute atomic E-state index is 13.7. The van der Waals surface area contributed by atoms with Crippen molar-refractivity contribution in [2.24, 2.45) is 0 Å². The van der Waals surface area contributed by atoms with Crippen molar-refractivity contribution in [1.82, 2.24) is 4.98 Å². The van der Waals surface area contributed by atoms with E-state index in [9.17, 15) is 18.4 Å². The highest BCUT2D eigenvalue weighted by molar-refractivity contribution is 9.10. The number of aromatic nitrogens is 1. The van der Waals surface area contributed by atoms with Crippen molar-refractivity contribution in [2.75, 3.05) is 10.6 Å². The number of hydrogen-bond acceptors (Lipinski definition) is 3. The number of hydrogen-bond donors (Lipinski definition) is 2. The molecule has 2 N–H and O–H groups in total. The fourth-order valence-corrected chi connectivity index (χ4v) is 2.48. The summed E-state index contributed by atoms with van der Waals surface area (Å²) >= 11 is 3.25. The minimum absolute atomic E-state index is 0.261. The summed E-state index contributed by atoms with van der Waals surface area (Å²) in [7, 11) is 0. The zero-order valence-corrected chi connectivity index (χ0v) is 15.3. The summed E-state index contributed by atoms with van der Waals surface area (Å²) < 4.78 is 27.7. The number of nitrogens with zero attached hydrogens (tertiary/aromatic N) is 1. The first-order valence-corrected chi connectivity index (χ1v) is 8.51. The molecule has 0 saturated carbocycles. The Balaban J connectivity index is 1.75. The Kier molecular flexibility index (Phi) is 5.56. The second-order valence-corrected chi connectivity index (χ2v) is 6.39. The van der Waals surface area contributed by atoms with Gasteiger partial charge in [0.25, 0.3) is 11.8 Å². The smallest absolute Gasteiger partial charge is 0.258 e. The number of carbonyl (C=O) groups is 2. The van der Waals surface area contributed by atoms with Crippen LogP contribution in [0.25, 0.3) is 0 Å². The average Bonchev–Trinajstić information content (AvgIpc) is 2.65. The van der Waals surface area contributed by atoms with Crippen LogP contribution in [0.3, 0.4) is 0 Å². The largest absolute Gasteiger partial charge is 0.322 e. The van der Waals surface area contributed by atoms with Gasteiger partial charge in [0.2, 0.25) is 0 Å². The highest BCUT2D eigenvalue weighted by atomic mass is 79.9. The predicted octanol–water partition coefficient (Wildman–Crippen LogP) is 4.63. The normalized spacial score (nSPS) is 10.3. The van der Waals surface area contributed by atoms with E-state index in [1.165, 1.54) is 12.1 Å². The van der Waals surface area contributed by atoms with E-state index in [4.69, 9.17) is 0 Å². The summed E-state index contributed by atoms with van der Waals surface area (Å²) in [5.41, 5.74) is 0.0984. The molecule has 0 atom stereocenters. The van der Waals surface area contributed by atoms with Gasteiger partial charge in [-0.2, -0.15) is 0 Å². The Labute approximate surface area is 161 Å². The minimum Gasteiger partial charge on any atom is -0.322 e. The van der Waals surface area contributed by atoms with Crippen LogP contribution in [0.15, 0.2) is 65.3 Å². The van der Waals surface area contributed by atoms with Gasteiger partial charge in [-0.1, -0.05) is 6.07 Å². The van der Waals surface area contributed by atoms with Crippen molar-refractivity contribution < 1.29 is 18.4 Å². The van der Waals surface area contributed by atoms with E-state index in [2.05, 4.69) is 31.5 Å². The molecule has 8 heteroatoms. The van der Waals surface area contributed by atoms with Crippen molar-refractivity contribution in [1.29, 1.82) is 0 Å². The Bertz CT molecular complexity index is 1010. The minimum atomic E-state index is -0.843. The number of carbonyl (C=O) groups excluding carboxylic acids is 2. The molecule has 5 nitrogen and oxygen atoms in total. The zero-order valence-electron chi connectivity index (χ0n) is 13.7. The first-order chi connectivity index (χ1) is 12.9. The molecule has 136 valence electrons. The molecule has 0 fully saturated rings. The Morgan fingerprint density at radius 3 is 2.48 bits per heavy atom. The predicted molar refractivity (Wildman–Crippen MR) is 101 cm³/mol. The topological polar surface area (TPSA) is 71.1 Å². The number of nitrogens with one attached hydrogen (secondary N) is 2. The van der Waals surface area contributed by atoms with E-state index < -0.39 is 29.0 Å². The molecule has 0 aliphatic carbocycles. The van der Waals surface area contributed by atoms with E-state index in [1.54, 1.807) is 30.5 Å². The van der Waals surface area contributed by atoms with Gasteiger partial charge in [0.05, 0.1) is 5.56 Å². The Morgan fingerprint density at radius 1 is 0.926 bits per heavy atom. The summed E-state index contributed by atoms with van der Waals surface area (Å²) in [6.45, 7) is 0. The molecule has 1 heterocycles. The second-order valence-electron chi connectivity index (χ2n) is 5.47. The fourth-order valence-electron chi connectivity index (χ4n) is 2.25. The van der Waals surface area contributed by atoms with Crippen molar-refractivity contribution in [3.8, 4) is 0 Å². The van der Waals surface area contributed by atoms with Crippen molar-refractivity contribution in [3.63, 3.8) is 0 Å². The lowest BCUT2D eigenvalue weighted by Gasteiger charge is -2.09. The first-order valence-electron chi connectivity index (χ1n) is 7.72. The molecule has 27 heavy (non-hydrogen) atoms. The number of benzene rings is 2. The summed E-state index contributed by atoms with van der Waals surface area (Å²) in [4.78, 5) is 28.5. The molecule has 0 radical (unpaired) electrons. The quantitative estimate of drug-likeness (QED) is 0.632. The molecule has 1 aromatic heterocycles. The second kappa shape index (κ2) is 8.05. The Morgan fingerprint density at radius 2 is 1.74 bits per heavy atom. The third kappa shape index (κ3) is 4.73. The van der Waals surface area contributed by atoms with Gasteiger partial charge in [-0.3, -0.25) is 9.59 Å². The van der Waals surface area contributed by atoms with Crippen LogP contribution in [0.5, 0.6) is 0 Å². The summed E-state index contributed by atoms with van der Waals surface area (Å²) in [6, 6.07) is 12.0. The van der Waals surface area contributed by atoms with Crippen LogP contribution in [-0.2, 0) is 0 Å². The van der Waals surface area contributed by atoms with Gasteiger partial charge < -0.3 is 10.6 Å². The SMILES string of the molecule is O=C(Nc1ccc(Br)cn1)c1cccc(NC(=O)c2cc(F)ccc2F)c1. The van der Waals surface area contributed by atoms with E-state index in [-0.39, 0.29) is 11.3 Å². The third-order valence-corrected chi connectivity index (χ3v) is 3.99. The highest BCUT2D eigenvalue weighted by Crippen LogP contribution is 2.17. The van der Waals surface area contributed by atoms with Crippen molar-refractivity contribution in [2.45, 2.75) is 0 Å². The third-order valence-electron chi connectivity index (χ3n) is 3.52. The van der Waals surface area contributed by atoms with Crippen LogP contribution in [0.1, 0.15) is 20.7 Å². The molecule has 2 aromatic carbocycles. The van der Waals surface area contributed by atoms with Crippen molar-refractivity contribution >= 4 is 39.2 Å². The van der Waals surface area contributed by atoms with Gasteiger partial charge in [-0.15, -0.1) is 0 Å². The van der Waals surface area contributed by atoms with Crippen LogP contribution in [0.4, 0.5) is 20.3 Å². The molecular formula is C19H12BrF2N3O2. The molecule has 0 aliphatic heterocycles. The lowest BCUT2D eigenvalue weighted by Crippen LogP contribution is -2.16. The van der Waals surface area contributed by atoms with Crippen LogP contribution in [0.2, 0.25) is 0 Å². The molecule has 3 rings (SSSR count). The molecule has 0 bridgehead atoms. The van der Waals surface area contributed by atoms with E-state index >= 15 is 0 Å². The average molecular weight is 432 g/mol. The van der Waals surface area contributed by atoms with Gasteiger partial charge in [-0.25, -0.2) is 13.8 Å². The van der Waals surface area contributed by atoms with Gasteiger partial charge >= 0.3 is 0 Å². The molecule has 0 aliphatic rings. The highest BCUT2D eigenvalue weighted by Gasteiger charge is 2.14. The number of amides is 2. The molecule has 0 saturated heterocycles. The standard InChI is InChI=1S/C19H12BrF2N3O2/c20-12-4-7-17(23-10-12)25-18(26)11-2-1-3-14(8-11)24-19(27)15-9-13(21)5-6-16(15)22/h1-10H,(H,24,27)(H,23,25,26). The van der Waals surface area contributed by atoms with Gasteiger partial charge in [0, 0.05) is 21.9 Å². The number of rotatable bonds is 4. The van der Waals surface area contributed by atoms with Crippen LogP contribution >= 0.6 is 15.9 Å². The Hall–Kier alpha value is -3.13. The van der Waals surface area contributed by atoms with E-state index in [0.29, 0.717) is 5.82 Å². The lowest BCUT2D eigenvalue weighted by molar-refractivity contribution is 0.101.